The fourth-order valence-electron chi connectivity index (χ4n) is 2.23. The van der Waals surface area contributed by atoms with Gasteiger partial charge in [0.05, 0.1) is 11.7 Å². The third kappa shape index (κ3) is 3.45. The number of hydrogen-bond acceptors (Lipinski definition) is 3. The van der Waals surface area contributed by atoms with Crippen LogP contribution in [0.5, 0.6) is 0 Å². The van der Waals surface area contributed by atoms with Gasteiger partial charge in [0.1, 0.15) is 0 Å². The monoisotopic (exact) mass is 277 g/mol. The molecule has 0 aliphatic heterocycles. The Kier molecular flexibility index (Phi) is 5.16. The van der Waals surface area contributed by atoms with Crippen molar-refractivity contribution in [3.8, 4) is 0 Å². The molecule has 0 aliphatic carbocycles. The van der Waals surface area contributed by atoms with Crippen LogP contribution in [-0.4, -0.2) is 16.3 Å². The van der Waals surface area contributed by atoms with E-state index in [0.29, 0.717) is 0 Å². The van der Waals surface area contributed by atoms with E-state index >= 15 is 0 Å². The molecule has 1 N–H and O–H groups in total. The molecule has 0 amide bonds. The summed E-state index contributed by atoms with van der Waals surface area (Å²) in [5.74, 6) is 0. The van der Waals surface area contributed by atoms with Crippen molar-refractivity contribution in [1.82, 2.24) is 15.1 Å². The maximum absolute atomic E-state index is 4.45. The van der Waals surface area contributed by atoms with Gasteiger partial charge in [0.25, 0.3) is 0 Å². The first kappa shape index (κ1) is 14.3. The molecule has 2 aromatic heterocycles. The van der Waals surface area contributed by atoms with Crippen LogP contribution in [0.25, 0.3) is 0 Å². The van der Waals surface area contributed by atoms with Crippen molar-refractivity contribution >= 4 is 11.3 Å². The molecule has 1 atom stereocenters. The van der Waals surface area contributed by atoms with E-state index in [1.54, 1.807) is 0 Å². The molecule has 0 spiro atoms. The number of thiophene rings is 1. The fraction of sp³-hybridized carbons (Fsp3) is 0.533. The summed E-state index contributed by atoms with van der Waals surface area (Å²) in [6.07, 6.45) is 4.16. The minimum Gasteiger partial charge on any atom is -0.304 e. The fourth-order valence-corrected chi connectivity index (χ4v) is 3.20. The summed E-state index contributed by atoms with van der Waals surface area (Å²) < 4.78 is 2.13. The minimum atomic E-state index is 0.271. The summed E-state index contributed by atoms with van der Waals surface area (Å²) in [5.41, 5.74) is 1.28. The van der Waals surface area contributed by atoms with Crippen LogP contribution in [0.2, 0.25) is 0 Å². The van der Waals surface area contributed by atoms with E-state index in [1.165, 1.54) is 15.4 Å². The second kappa shape index (κ2) is 6.87. The van der Waals surface area contributed by atoms with Gasteiger partial charge in [0.2, 0.25) is 0 Å². The van der Waals surface area contributed by atoms with E-state index in [0.717, 1.165) is 25.9 Å². The highest BCUT2D eigenvalue weighted by Gasteiger charge is 2.18. The zero-order valence-electron chi connectivity index (χ0n) is 12.0. The van der Waals surface area contributed by atoms with Gasteiger partial charge in [0.15, 0.2) is 0 Å². The predicted molar refractivity (Wildman–Crippen MR) is 81.7 cm³/mol. The number of hydrogen-bond donors (Lipinski definition) is 1. The van der Waals surface area contributed by atoms with Gasteiger partial charge in [-0.15, -0.1) is 11.3 Å². The standard InChI is InChI=1S/C15H23N3S/c1-4-9-16-15(14-7-6-12(3)19-14)13-8-10-17-18(13)11-5-2/h6-8,10,15-16H,4-5,9,11H2,1-3H3. The van der Waals surface area contributed by atoms with Crippen molar-refractivity contribution in [2.75, 3.05) is 6.54 Å². The summed E-state index contributed by atoms with van der Waals surface area (Å²) in [6.45, 7) is 8.56. The number of rotatable bonds is 7. The Morgan fingerprint density at radius 1 is 1.26 bits per heavy atom. The van der Waals surface area contributed by atoms with Crippen LogP contribution < -0.4 is 5.32 Å². The lowest BCUT2D eigenvalue weighted by molar-refractivity contribution is 0.515. The second-order valence-electron chi connectivity index (χ2n) is 4.81. The molecule has 1 unspecified atom stereocenters. The zero-order chi connectivity index (χ0) is 13.7. The summed E-state index contributed by atoms with van der Waals surface area (Å²) in [6, 6.07) is 6.84. The molecule has 2 aromatic rings. The van der Waals surface area contributed by atoms with Crippen LogP contribution in [0.4, 0.5) is 0 Å². The van der Waals surface area contributed by atoms with E-state index in [2.05, 4.69) is 54.1 Å². The molecule has 2 rings (SSSR count). The Morgan fingerprint density at radius 2 is 2.11 bits per heavy atom. The molecule has 0 radical (unpaired) electrons. The first-order valence-electron chi connectivity index (χ1n) is 7.07. The van der Waals surface area contributed by atoms with Crippen molar-refractivity contribution in [2.24, 2.45) is 0 Å². The quantitative estimate of drug-likeness (QED) is 0.835. The molecule has 0 bridgehead atoms. The summed E-state index contributed by atoms with van der Waals surface area (Å²) in [5, 5.41) is 8.10. The Balaban J connectivity index is 2.28. The third-order valence-corrected chi connectivity index (χ3v) is 4.19. The van der Waals surface area contributed by atoms with Crippen molar-refractivity contribution in [2.45, 2.75) is 46.2 Å². The molecule has 19 heavy (non-hydrogen) atoms. The highest BCUT2D eigenvalue weighted by molar-refractivity contribution is 7.12. The topological polar surface area (TPSA) is 29.9 Å². The zero-order valence-corrected chi connectivity index (χ0v) is 12.8. The molecule has 0 saturated carbocycles. The SMILES string of the molecule is CCCNC(c1ccc(C)s1)c1ccnn1CCC. The number of aryl methyl sites for hydroxylation is 2. The Morgan fingerprint density at radius 3 is 2.74 bits per heavy atom. The van der Waals surface area contributed by atoms with Crippen molar-refractivity contribution in [3.05, 3.63) is 39.8 Å². The molecule has 0 aliphatic rings. The molecular weight excluding hydrogens is 254 g/mol. The summed E-state index contributed by atoms with van der Waals surface area (Å²) in [4.78, 5) is 2.74. The van der Waals surface area contributed by atoms with E-state index in [9.17, 15) is 0 Å². The predicted octanol–water partition coefficient (Wildman–Crippen LogP) is 3.75. The van der Waals surface area contributed by atoms with Crippen molar-refractivity contribution in [1.29, 1.82) is 0 Å². The van der Waals surface area contributed by atoms with Gasteiger partial charge in [-0.05, 0) is 44.5 Å². The molecule has 0 saturated heterocycles. The maximum atomic E-state index is 4.45. The Bertz CT molecular complexity index is 501. The molecule has 104 valence electrons. The molecule has 4 heteroatoms. The lowest BCUT2D eigenvalue weighted by atomic mass is 10.1. The molecule has 0 fully saturated rings. The van der Waals surface area contributed by atoms with Crippen LogP contribution >= 0.6 is 11.3 Å². The molecule has 3 nitrogen and oxygen atoms in total. The highest BCUT2D eigenvalue weighted by atomic mass is 32.1. The van der Waals surface area contributed by atoms with Crippen LogP contribution in [0.15, 0.2) is 24.4 Å². The first-order chi connectivity index (χ1) is 9.26. The van der Waals surface area contributed by atoms with E-state index in [1.807, 2.05) is 17.5 Å². The van der Waals surface area contributed by atoms with Crippen LogP contribution in [0.1, 0.15) is 48.2 Å². The van der Waals surface area contributed by atoms with E-state index < -0.39 is 0 Å². The van der Waals surface area contributed by atoms with Gasteiger partial charge in [-0.3, -0.25) is 4.68 Å². The molecule has 2 heterocycles. The van der Waals surface area contributed by atoms with Gasteiger partial charge in [-0.1, -0.05) is 13.8 Å². The molecule has 0 aromatic carbocycles. The lowest BCUT2D eigenvalue weighted by Crippen LogP contribution is -2.25. The molecular formula is C15H23N3S. The van der Waals surface area contributed by atoms with Gasteiger partial charge in [-0.2, -0.15) is 5.10 Å². The Hall–Kier alpha value is -1.13. The number of nitrogens with zero attached hydrogens (tertiary/aromatic N) is 2. The third-order valence-electron chi connectivity index (χ3n) is 3.12. The van der Waals surface area contributed by atoms with Crippen LogP contribution in [0, 0.1) is 6.92 Å². The number of nitrogens with one attached hydrogen (secondary N) is 1. The van der Waals surface area contributed by atoms with Crippen LogP contribution in [-0.2, 0) is 6.54 Å². The van der Waals surface area contributed by atoms with Crippen molar-refractivity contribution < 1.29 is 0 Å². The summed E-state index contributed by atoms with van der Waals surface area (Å²) >= 11 is 1.87. The maximum Gasteiger partial charge on any atom is 0.0841 e. The second-order valence-corrected chi connectivity index (χ2v) is 6.13. The summed E-state index contributed by atoms with van der Waals surface area (Å²) in [7, 11) is 0. The van der Waals surface area contributed by atoms with Crippen LogP contribution in [0.3, 0.4) is 0 Å². The highest BCUT2D eigenvalue weighted by Crippen LogP contribution is 2.28. The minimum absolute atomic E-state index is 0.271. The average Bonchev–Trinajstić information content (AvgIpc) is 3.01. The van der Waals surface area contributed by atoms with Gasteiger partial charge < -0.3 is 5.32 Å². The normalized spacial score (nSPS) is 12.8. The Labute approximate surface area is 119 Å². The lowest BCUT2D eigenvalue weighted by Gasteiger charge is -2.18. The largest absolute Gasteiger partial charge is 0.304 e. The first-order valence-corrected chi connectivity index (χ1v) is 7.89. The van der Waals surface area contributed by atoms with Gasteiger partial charge >= 0.3 is 0 Å². The average molecular weight is 277 g/mol. The number of aromatic nitrogens is 2. The van der Waals surface area contributed by atoms with Gasteiger partial charge in [-0.25, -0.2) is 0 Å². The van der Waals surface area contributed by atoms with E-state index in [-0.39, 0.29) is 6.04 Å². The van der Waals surface area contributed by atoms with Crippen molar-refractivity contribution in [3.63, 3.8) is 0 Å². The van der Waals surface area contributed by atoms with E-state index in [4.69, 9.17) is 0 Å². The van der Waals surface area contributed by atoms with Gasteiger partial charge in [0, 0.05) is 22.5 Å². The smallest absolute Gasteiger partial charge is 0.0841 e.